The lowest BCUT2D eigenvalue weighted by atomic mass is 9.89. The number of ketones is 1. The quantitative estimate of drug-likeness (QED) is 0.572. The second kappa shape index (κ2) is 5.80. The van der Waals surface area contributed by atoms with E-state index in [9.17, 15) is 9.59 Å². The zero-order valence-corrected chi connectivity index (χ0v) is 9.73. The number of carbonyl (C=O) groups is 2. The molecule has 0 amide bonds. The van der Waals surface area contributed by atoms with Crippen molar-refractivity contribution in [2.24, 2.45) is 11.8 Å². The molecule has 90 valence electrons. The molecule has 0 heterocycles. The van der Waals surface area contributed by atoms with E-state index in [1.165, 1.54) is 0 Å². The summed E-state index contributed by atoms with van der Waals surface area (Å²) in [4.78, 5) is 22.5. The molecule has 1 N–H and O–H groups in total. The molecule has 0 bridgehead atoms. The minimum absolute atomic E-state index is 0.0674. The summed E-state index contributed by atoms with van der Waals surface area (Å²) in [6, 6.07) is 0. The number of hydrogen-bond donors (Lipinski definition) is 1. The lowest BCUT2D eigenvalue weighted by Crippen LogP contribution is -2.20. The van der Waals surface area contributed by atoms with Crippen molar-refractivity contribution in [2.45, 2.75) is 26.7 Å². The molecule has 0 aromatic carbocycles. The van der Waals surface area contributed by atoms with Crippen molar-refractivity contribution in [1.29, 1.82) is 0 Å². The lowest BCUT2D eigenvalue weighted by molar-refractivity contribution is -0.142. The van der Waals surface area contributed by atoms with Gasteiger partial charge in [-0.1, -0.05) is 13.0 Å². The molecule has 0 aliphatic heterocycles. The van der Waals surface area contributed by atoms with E-state index in [0.29, 0.717) is 31.6 Å². The molecule has 0 saturated heterocycles. The Hall–Kier alpha value is -1.16. The predicted octanol–water partition coefficient (Wildman–Crippen LogP) is 1.65. The van der Waals surface area contributed by atoms with E-state index in [1.54, 1.807) is 13.0 Å². The van der Waals surface area contributed by atoms with Crippen LogP contribution in [0.5, 0.6) is 0 Å². The average Bonchev–Trinajstić information content (AvgIpc) is 2.60. The fraction of sp³-hybridized carbons (Fsp3) is 0.667. The first-order valence-electron chi connectivity index (χ1n) is 5.61. The Kier molecular flexibility index (Phi) is 4.68. The molecular formula is C12H18O4. The Morgan fingerprint density at radius 1 is 1.69 bits per heavy atom. The van der Waals surface area contributed by atoms with Gasteiger partial charge in [-0.15, -0.1) is 0 Å². The first kappa shape index (κ1) is 12.9. The minimum Gasteiger partial charge on any atom is -0.481 e. The van der Waals surface area contributed by atoms with Crippen LogP contribution >= 0.6 is 0 Å². The van der Waals surface area contributed by atoms with Crippen molar-refractivity contribution in [3.8, 4) is 0 Å². The van der Waals surface area contributed by atoms with Crippen LogP contribution in [0.15, 0.2) is 11.6 Å². The largest absolute Gasteiger partial charge is 0.481 e. The van der Waals surface area contributed by atoms with Gasteiger partial charge in [-0.3, -0.25) is 9.59 Å². The Labute approximate surface area is 95.3 Å². The van der Waals surface area contributed by atoms with Crippen LogP contribution in [0.1, 0.15) is 26.7 Å². The van der Waals surface area contributed by atoms with Gasteiger partial charge in [0.1, 0.15) is 0 Å². The molecular weight excluding hydrogens is 208 g/mol. The van der Waals surface area contributed by atoms with Crippen LogP contribution in [0.3, 0.4) is 0 Å². The number of ether oxygens (including phenoxy) is 1. The Morgan fingerprint density at radius 2 is 2.38 bits per heavy atom. The number of carbonyl (C=O) groups excluding carboxylic acids is 1. The van der Waals surface area contributed by atoms with Crippen molar-refractivity contribution < 1.29 is 19.4 Å². The summed E-state index contributed by atoms with van der Waals surface area (Å²) >= 11 is 0. The summed E-state index contributed by atoms with van der Waals surface area (Å²) in [6.07, 6.45) is 2.84. The molecule has 1 fully saturated rings. The van der Waals surface area contributed by atoms with Crippen LogP contribution in [0.2, 0.25) is 0 Å². The number of hydrogen-bond acceptors (Lipinski definition) is 3. The van der Waals surface area contributed by atoms with Gasteiger partial charge in [0.05, 0.1) is 12.5 Å². The Balaban J connectivity index is 2.73. The maximum Gasteiger partial charge on any atom is 0.306 e. The third-order valence-electron chi connectivity index (χ3n) is 3.02. The summed E-state index contributed by atoms with van der Waals surface area (Å²) in [5, 5.41) is 8.95. The highest BCUT2D eigenvalue weighted by Gasteiger charge is 2.35. The normalized spacial score (nSPS) is 25.0. The van der Waals surface area contributed by atoms with E-state index in [1.807, 2.05) is 6.92 Å². The summed E-state index contributed by atoms with van der Waals surface area (Å²) < 4.78 is 5.16. The van der Waals surface area contributed by atoms with E-state index >= 15 is 0 Å². The first-order chi connectivity index (χ1) is 7.57. The highest BCUT2D eigenvalue weighted by molar-refractivity contribution is 5.98. The fourth-order valence-electron chi connectivity index (χ4n) is 2.02. The highest BCUT2D eigenvalue weighted by atomic mass is 16.5. The molecule has 2 atom stereocenters. The molecule has 0 aromatic heterocycles. The van der Waals surface area contributed by atoms with Crippen LogP contribution in [0.4, 0.5) is 0 Å². The van der Waals surface area contributed by atoms with E-state index in [2.05, 4.69) is 0 Å². The van der Waals surface area contributed by atoms with Crippen LogP contribution in [-0.2, 0) is 14.3 Å². The third kappa shape index (κ3) is 2.92. The number of rotatable bonds is 5. The first-order valence-corrected chi connectivity index (χ1v) is 5.61. The van der Waals surface area contributed by atoms with Gasteiger partial charge >= 0.3 is 5.97 Å². The molecule has 2 unspecified atom stereocenters. The van der Waals surface area contributed by atoms with Gasteiger partial charge in [-0.25, -0.2) is 0 Å². The van der Waals surface area contributed by atoms with E-state index < -0.39 is 11.9 Å². The number of allylic oxidation sites excluding steroid dienone is 1. The smallest absolute Gasteiger partial charge is 0.306 e. The molecule has 0 aromatic rings. The van der Waals surface area contributed by atoms with E-state index in [4.69, 9.17) is 9.84 Å². The van der Waals surface area contributed by atoms with Crippen LogP contribution < -0.4 is 0 Å². The van der Waals surface area contributed by atoms with E-state index in [-0.39, 0.29) is 11.7 Å². The van der Waals surface area contributed by atoms with Gasteiger partial charge in [-0.2, -0.15) is 0 Å². The molecule has 4 heteroatoms. The molecule has 1 aliphatic rings. The third-order valence-corrected chi connectivity index (χ3v) is 3.02. The maximum atomic E-state index is 11.6. The van der Waals surface area contributed by atoms with Gasteiger partial charge in [0, 0.05) is 18.9 Å². The Morgan fingerprint density at radius 3 is 2.94 bits per heavy atom. The van der Waals surface area contributed by atoms with Crippen molar-refractivity contribution in [2.75, 3.05) is 13.2 Å². The van der Waals surface area contributed by atoms with Gasteiger partial charge in [-0.05, 0) is 18.9 Å². The summed E-state index contributed by atoms with van der Waals surface area (Å²) in [5.41, 5.74) is 0.642. The number of aliphatic carboxylic acids is 1. The Bertz CT molecular complexity index is 306. The van der Waals surface area contributed by atoms with Crippen LogP contribution in [0, 0.1) is 11.8 Å². The second-order valence-electron chi connectivity index (χ2n) is 4.01. The standard InChI is InChI=1S/C12H18O4/c1-3-16-7-6-10-9(4-5-11(10)13)8(2)12(14)15/h6,8-9H,3-5,7H2,1-2H3,(H,14,15)/b10-6+. The topological polar surface area (TPSA) is 63.6 Å². The van der Waals surface area contributed by atoms with Gasteiger partial charge < -0.3 is 9.84 Å². The van der Waals surface area contributed by atoms with E-state index in [0.717, 1.165) is 0 Å². The highest BCUT2D eigenvalue weighted by Crippen LogP contribution is 2.34. The predicted molar refractivity (Wildman–Crippen MR) is 59.1 cm³/mol. The van der Waals surface area contributed by atoms with Crippen molar-refractivity contribution in [3.05, 3.63) is 11.6 Å². The summed E-state index contributed by atoms with van der Waals surface area (Å²) in [7, 11) is 0. The van der Waals surface area contributed by atoms with Gasteiger partial charge in [0.2, 0.25) is 0 Å². The zero-order valence-electron chi connectivity index (χ0n) is 9.73. The number of carboxylic acids is 1. The summed E-state index contributed by atoms with van der Waals surface area (Å²) in [6.45, 7) is 4.52. The summed E-state index contributed by atoms with van der Waals surface area (Å²) in [5.74, 6) is -1.43. The number of carboxylic acid groups (broad SMARTS) is 1. The SMILES string of the molecule is CCOC/C=C1/C(=O)CCC1C(C)C(=O)O. The second-order valence-corrected chi connectivity index (χ2v) is 4.01. The van der Waals surface area contributed by atoms with Crippen molar-refractivity contribution in [3.63, 3.8) is 0 Å². The molecule has 0 spiro atoms. The zero-order chi connectivity index (χ0) is 12.1. The molecule has 1 saturated carbocycles. The maximum absolute atomic E-state index is 11.6. The van der Waals surface area contributed by atoms with Crippen molar-refractivity contribution in [1.82, 2.24) is 0 Å². The van der Waals surface area contributed by atoms with Gasteiger partial charge in [0.25, 0.3) is 0 Å². The fourth-order valence-corrected chi connectivity index (χ4v) is 2.02. The molecule has 4 nitrogen and oxygen atoms in total. The number of Topliss-reactive ketones (excluding diaryl/α,β-unsaturated/α-hetero) is 1. The molecule has 0 radical (unpaired) electrons. The molecule has 1 rings (SSSR count). The monoisotopic (exact) mass is 226 g/mol. The van der Waals surface area contributed by atoms with Gasteiger partial charge in [0.15, 0.2) is 5.78 Å². The molecule has 1 aliphatic carbocycles. The molecule has 16 heavy (non-hydrogen) atoms. The average molecular weight is 226 g/mol. The minimum atomic E-state index is -0.845. The lowest BCUT2D eigenvalue weighted by Gasteiger charge is -2.15. The van der Waals surface area contributed by atoms with Crippen molar-refractivity contribution >= 4 is 11.8 Å². The van der Waals surface area contributed by atoms with Crippen LogP contribution in [0.25, 0.3) is 0 Å². The van der Waals surface area contributed by atoms with Crippen LogP contribution in [-0.4, -0.2) is 30.1 Å².